The molecule has 2 heterocycles. The SMILES string of the molecule is CN1C[C@H]2CN(Cc3cccc(C(=O)O)c3)C[C@H]2[C@@H]1c1ccccc1. The van der Waals surface area contributed by atoms with Gasteiger partial charge in [0, 0.05) is 32.2 Å². The molecule has 1 N–H and O–H groups in total. The van der Waals surface area contributed by atoms with Crippen molar-refractivity contribution in [1.82, 2.24) is 9.80 Å². The van der Waals surface area contributed by atoms with E-state index in [0.29, 0.717) is 23.4 Å². The maximum absolute atomic E-state index is 11.2. The number of aromatic carboxylic acids is 1. The van der Waals surface area contributed by atoms with Crippen LogP contribution >= 0.6 is 0 Å². The number of likely N-dealkylation sites (tertiary alicyclic amines) is 2. The predicted octanol–water partition coefficient (Wildman–Crippen LogP) is 3.12. The van der Waals surface area contributed by atoms with Gasteiger partial charge in [-0.25, -0.2) is 4.79 Å². The maximum atomic E-state index is 11.2. The number of fused-ring (bicyclic) bond motifs is 1. The van der Waals surface area contributed by atoms with Crippen LogP contribution in [0.25, 0.3) is 0 Å². The van der Waals surface area contributed by atoms with Gasteiger partial charge in [0.15, 0.2) is 0 Å². The third-order valence-electron chi connectivity index (χ3n) is 5.69. The molecule has 2 aliphatic rings. The van der Waals surface area contributed by atoms with Gasteiger partial charge in [0.2, 0.25) is 0 Å². The molecule has 2 saturated heterocycles. The van der Waals surface area contributed by atoms with Crippen molar-refractivity contribution in [2.75, 3.05) is 26.7 Å². The Hall–Kier alpha value is -2.17. The molecule has 0 bridgehead atoms. The summed E-state index contributed by atoms with van der Waals surface area (Å²) in [6, 6.07) is 18.6. The largest absolute Gasteiger partial charge is 0.478 e. The van der Waals surface area contributed by atoms with Crippen molar-refractivity contribution in [3.8, 4) is 0 Å². The normalized spacial score (nSPS) is 26.7. The van der Waals surface area contributed by atoms with E-state index in [9.17, 15) is 9.90 Å². The van der Waals surface area contributed by atoms with Crippen molar-refractivity contribution < 1.29 is 9.90 Å². The summed E-state index contributed by atoms with van der Waals surface area (Å²) in [6.07, 6.45) is 0. The molecule has 25 heavy (non-hydrogen) atoms. The number of carboxylic acids is 1. The van der Waals surface area contributed by atoms with Gasteiger partial charge in [-0.1, -0.05) is 42.5 Å². The minimum atomic E-state index is -0.856. The minimum Gasteiger partial charge on any atom is -0.478 e. The first-order chi connectivity index (χ1) is 12.1. The van der Waals surface area contributed by atoms with Gasteiger partial charge < -0.3 is 5.11 Å². The number of hydrogen-bond acceptors (Lipinski definition) is 3. The lowest BCUT2D eigenvalue weighted by molar-refractivity contribution is 0.0696. The van der Waals surface area contributed by atoms with Crippen LogP contribution in [0, 0.1) is 11.8 Å². The van der Waals surface area contributed by atoms with E-state index in [1.54, 1.807) is 12.1 Å². The number of benzene rings is 2. The molecule has 0 spiro atoms. The van der Waals surface area contributed by atoms with Crippen LogP contribution in [0.5, 0.6) is 0 Å². The number of carbonyl (C=O) groups is 1. The Labute approximate surface area is 148 Å². The Balaban J connectivity index is 1.48. The molecule has 2 aromatic carbocycles. The van der Waals surface area contributed by atoms with Crippen molar-refractivity contribution in [3.63, 3.8) is 0 Å². The monoisotopic (exact) mass is 336 g/mol. The molecule has 3 atom stereocenters. The van der Waals surface area contributed by atoms with E-state index in [-0.39, 0.29) is 0 Å². The summed E-state index contributed by atoms with van der Waals surface area (Å²) in [4.78, 5) is 16.1. The topological polar surface area (TPSA) is 43.8 Å². The summed E-state index contributed by atoms with van der Waals surface area (Å²) >= 11 is 0. The smallest absolute Gasteiger partial charge is 0.335 e. The third-order valence-corrected chi connectivity index (χ3v) is 5.69. The van der Waals surface area contributed by atoms with Crippen molar-refractivity contribution in [2.24, 2.45) is 11.8 Å². The standard InChI is InChI=1S/C21H24N2O2/c1-22-12-18-13-23(11-15-6-5-9-17(10-15)21(24)25)14-19(18)20(22)16-7-3-2-4-8-16/h2-10,18-20H,11-14H2,1H3,(H,24,25)/t18-,19+,20-/m0/s1. The summed E-state index contributed by atoms with van der Waals surface area (Å²) in [7, 11) is 2.23. The number of carboxylic acid groups (broad SMARTS) is 1. The van der Waals surface area contributed by atoms with E-state index >= 15 is 0 Å². The summed E-state index contributed by atoms with van der Waals surface area (Å²) in [5.74, 6) is 0.485. The fourth-order valence-corrected chi connectivity index (χ4v) is 4.69. The summed E-state index contributed by atoms with van der Waals surface area (Å²) in [6.45, 7) is 4.14. The average molecular weight is 336 g/mol. The van der Waals surface area contributed by atoms with Crippen LogP contribution in [-0.2, 0) is 6.54 Å². The molecule has 2 aromatic rings. The zero-order valence-electron chi connectivity index (χ0n) is 14.5. The van der Waals surface area contributed by atoms with Crippen LogP contribution in [0.15, 0.2) is 54.6 Å². The third kappa shape index (κ3) is 3.20. The van der Waals surface area contributed by atoms with Gasteiger partial charge in [0.05, 0.1) is 5.56 Å². The van der Waals surface area contributed by atoms with Crippen LogP contribution in [0.1, 0.15) is 27.5 Å². The highest BCUT2D eigenvalue weighted by Gasteiger charge is 2.45. The van der Waals surface area contributed by atoms with Crippen molar-refractivity contribution in [3.05, 3.63) is 71.3 Å². The Morgan fingerprint density at radius 1 is 1.08 bits per heavy atom. The van der Waals surface area contributed by atoms with Crippen LogP contribution < -0.4 is 0 Å². The molecule has 4 rings (SSSR count). The first-order valence-corrected chi connectivity index (χ1v) is 8.91. The molecule has 0 amide bonds. The summed E-state index contributed by atoms with van der Waals surface area (Å²) in [5, 5.41) is 9.17. The molecule has 2 fully saturated rings. The van der Waals surface area contributed by atoms with Gasteiger partial charge in [-0.15, -0.1) is 0 Å². The summed E-state index contributed by atoms with van der Waals surface area (Å²) in [5.41, 5.74) is 2.87. The molecule has 130 valence electrons. The van der Waals surface area contributed by atoms with Gasteiger partial charge in [-0.2, -0.15) is 0 Å². The van der Waals surface area contributed by atoms with E-state index in [2.05, 4.69) is 47.2 Å². The Kier molecular flexibility index (Phi) is 4.32. The lowest BCUT2D eigenvalue weighted by atomic mass is 9.90. The highest BCUT2D eigenvalue weighted by Crippen LogP contribution is 2.44. The van der Waals surface area contributed by atoms with Crippen molar-refractivity contribution >= 4 is 5.97 Å². The fraction of sp³-hybridized carbons (Fsp3) is 0.381. The van der Waals surface area contributed by atoms with Crippen LogP contribution in [0.2, 0.25) is 0 Å². The molecule has 0 saturated carbocycles. The second kappa shape index (κ2) is 6.62. The predicted molar refractivity (Wildman–Crippen MR) is 97.5 cm³/mol. The quantitative estimate of drug-likeness (QED) is 0.932. The zero-order valence-corrected chi connectivity index (χ0v) is 14.5. The van der Waals surface area contributed by atoms with Crippen LogP contribution in [-0.4, -0.2) is 47.6 Å². The van der Waals surface area contributed by atoms with Crippen LogP contribution in [0.3, 0.4) is 0 Å². The molecule has 4 nitrogen and oxygen atoms in total. The van der Waals surface area contributed by atoms with E-state index < -0.39 is 5.97 Å². The van der Waals surface area contributed by atoms with E-state index in [4.69, 9.17) is 0 Å². The highest BCUT2D eigenvalue weighted by atomic mass is 16.4. The first kappa shape index (κ1) is 16.3. The van der Waals surface area contributed by atoms with Gasteiger partial charge in [-0.05, 0) is 42.1 Å². The molecule has 4 heteroatoms. The Bertz CT molecular complexity index is 762. The Morgan fingerprint density at radius 3 is 2.64 bits per heavy atom. The van der Waals surface area contributed by atoms with Gasteiger partial charge in [0.1, 0.15) is 0 Å². The molecular formula is C21H24N2O2. The second-order valence-electron chi connectivity index (χ2n) is 7.42. The van der Waals surface area contributed by atoms with E-state index in [0.717, 1.165) is 31.7 Å². The molecule has 2 aliphatic heterocycles. The first-order valence-electron chi connectivity index (χ1n) is 8.91. The van der Waals surface area contributed by atoms with Gasteiger partial charge in [-0.3, -0.25) is 9.80 Å². The molecule has 0 aromatic heterocycles. The van der Waals surface area contributed by atoms with Crippen molar-refractivity contribution in [1.29, 1.82) is 0 Å². The molecule has 0 aliphatic carbocycles. The average Bonchev–Trinajstić information content (AvgIpc) is 3.11. The van der Waals surface area contributed by atoms with Crippen molar-refractivity contribution in [2.45, 2.75) is 12.6 Å². The zero-order chi connectivity index (χ0) is 17.4. The fourth-order valence-electron chi connectivity index (χ4n) is 4.69. The number of nitrogens with zero attached hydrogens (tertiary/aromatic N) is 2. The minimum absolute atomic E-state index is 0.374. The number of rotatable bonds is 4. The molecular weight excluding hydrogens is 312 g/mol. The van der Waals surface area contributed by atoms with E-state index in [1.807, 2.05) is 12.1 Å². The molecule has 0 radical (unpaired) electrons. The second-order valence-corrected chi connectivity index (χ2v) is 7.42. The van der Waals surface area contributed by atoms with Gasteiger partial charge >= 0.3 is 5.97 Å². The van der Waals surface area contributed by atoms with E-state index in [1.165, 1.54) is 5.56 Å². The lowest BCUT2D eigenvalue weighted by Crippen LogP contribution is -2.28. The number of hydrogen-bond donors (Lipinski definition) is 1. The lowest BCUT2D eigenvalue weighted by Gasteiger charge is -2.27. The summed E-state index contributed by atoms with van der Waals surface area (Å²) < 4.78 is 0. The molecule has 0 unspecified atom stereocenters. The maximum Gasteiger partial charge on any atom is 0.335 e. The van der Waals surface area contributed by atoms with Gasteiger partial charge in [0.25, 0.3) is 0 Å². The van der Waals surface area contributed by atoms with Crippen LogP contribution in [0.4, 0.5) is 0 Å². The Morgan fingerprint density at radius 2 is 1.88 bits per heavy atom. The highest BCUT2D eigenvalue weighted by molar-refractivity contribution is 5.87.